The summed E-state index contributed by atoms with van der Waals surface area (Å²) in [5.41, 5.74) is 0.441. The number of aromatic nitrogens is 3. The Kier molecular flexibility index (Phi) is 2.64. The molecule has 98 valence electrons. The molecule has 0 N–H and O–H groups in total. The number of nitrogens with zero attached hydrogens (tertiary/aromatic N) is 4. The Morgan fingerprint density at radius 1 is 1.00 bits per heavy atom. The largest absolute Gasteiger partial charge is 0.281 e. The standard InChI is InChI=1S/C13H5F3N4/c14-9-3-2-8(11(15)12(9)16)13-19-18-10-4-1-7(5-17)6-20(10)13/h1-4,6H. The molecule has 0 atom stereocenters. The molecule has 0 aliphatic carbocycles. The van der Waals surface area contributed by atoms with Gasteiger partial charge in [-0.05, 0) is 24.3 Å². The van der Waals surface area contributed by atoms with Crippen LogP contribution in [0.5, 0.6) is 0 Å². The van der Waals surface area contributed by atoms with E-state index in [1.807, 2.05) is 6.07 Å². The summed E-state index contributed by atoms with van der Waals surface area (Å²) in [6, 6.07) is 6.84. The van der Waals surface area contributed by atoms with Gasteiger partial charge in [0.25, 0.3) is 0 Å². The second-order valence-corrected chi connectivity index (χ2v) is 4.00. The lowest BCUT2D eigenvalue weighted by molar-refractivity contribution is 0.448. The summed E-state index contributed by atoms with van der Waals surface area (Å²) < 4.78 is 41.3. The second-order valence-electron chi connectivity index (χ2n) is 4.00. The summed E-state index contributed by atoms with van der Waals surface area (Å²) in [5, 5.41) is 16.4. The lowest BCUT2D eigenvalue weighted by Crippen LogP contribution is -1.98. The third-order valence-corrected chi connectivity index (χ3v) is 2.81. The molecule has 1 aromatic carbocycles. The van der Waals surface area contributed by atoms with Crippen molar-refractivity contribution in [1.29, 1.82) is 5.26 Å². The molecular weight excluding hydrogens is 269 g/mol. The number of hydrogen-bond donors (Lipinski definition) is 0. The molecule has 3 aromatic rings. The van der Waals surface area contributed by atoms with Gasteiger partial charge in [-0.25, -0.2) is 13.2 Å². The first-order valence-electron chi connectivity index (χ1n) is 5.50. The molecule has 0 bridgehead atoms. The van der Waals surface area contributed by atoms with E-state index in [1.54, 1.807) is 0 Å². The number of hydrogen-bond acceptors (Lipinski definition) is 3. The molecule has 0 spiro atoms. The number of benzene rings is 1. The normalized spacial score (nSPS) is 10.7. The Bertz CT molecular complexity index is 864. The molecule has 0 aliphatic heterocycles. The van der Waals surface area contributed by atoms with Gasteiger partial charge in [-0.1, -0.05) is 0 Å². The van der Waals surface area contributed by atoms with E-state index in [0.29, 0.717) is 11.2 Å². The predicted molar refractivity (Wildman–Crippen MR) is 63.0 cm³/mol. The summed E-state index contributed by atoms with van der Waals surface area (Å²) in [7, 11) is 0. The Hall–Kier alpha value is -2.88. The van der Waals surface area contributed by atoms with Crippen molar-refractivity contribution in [2.24, 2.45) is 0 Å². The first-order valence-corrected chi connectivity index (χ1v) is 5.50. The number of halogens is 3. The molecule has 2 heterocycles. The average molecular weight is 274 g/mol. The monoisotopic (exact) mass is 274 g/mol. The van der Waals surface area contributed by atoms with Crippen molar-refractivity contribution < 1.29 is 13.2 Å². The third-order valence-electron chi connectivity index (χ3n) is 2.81. The van der Waals surface area contributed by atoms with E-state index < -0.39 is 17.5 Å². The fourth-order valence-electron chi connectivity index (χ4n) is 1.84. The minimum absolute atomic E-state index is 0.00602. The first-order chi connectivity index (χ1) is 9.61. The topological polar surface area (TPSA) is 54.0 Å². The SMILES string of the molecule is N#Cc1ccc2nnc(-c3ccc(F)c(F)c3F)n2c1. The zero-order chi connectivity index (χ0) is 14.3. The van der Waals surface area contributed by atoms with E-state index >= 15 is 0 Å². The zero-order valence-electron chi connectivity index (χ0n) is 9.81. The van der Waals surface area contributed by atoms with Gasteiger partial charge in [0.05, 0.1) is 11.1 Å². The molecule has 3 rings (SSSR count). The van der Waals surface area contributed by atoms with Crippen molar-refractivity contribution in [2.75, 3.05) is 0 Å². The maximum atomic E-state index is 13.8. The smallest absolute Gasteiger partial charge is 0.195 e. The molecule has 0 fully saturated rings. The highest BCUT2D eigenvalue weighted by Crippen LogP contribution is 2.25. The molecule has 0 unspecified atom stereocenters. The van der Waals surface area contributed by atoms with Crippen molar-refractivity contribution in [1.82, 2.24) is 14.6 Å². The third kappa shape index (κ3) is 1.70. The van der Waals surface area contributed by atoms with Crippen molar-refractivity contribution in [3.05, 3.63) is 53.5 Å². The minimum Gasteiger partial charge on any atom is -0.281 e. The van der Waals surface area contributed by atoms with Crippen molar-refractivity contribution in [2.45, 2.75) is 0 Å². The Balaban J connectivity index is 2.30. The maximum Gasteiger partial charge on any atom is 0.195 e. The van der Waals surface area contributed by atoms with Gasteiger partial charge in [-0.2, -0.15) is 5.26 Å². The fourth-order valence-corrected chi connectivity index (χ4v) is 1.84. The van der Waals surface area contributed by atoms with Crippen LogP contribution < -0.4 is 0 Å². The lowest BCUT2D eigenvalue weighted by Gasteiger charge is -2.03. The first kappa shape index (κ1) is 12.2. The van der Waals surface area contributed by atoms with Crippen LogP contribution >= 0.6 is 0 Å². The maximum absolute atomic E-state index is 13.8. The Morgan fingerprint density at radius 2 is 1.80 bits per heavy atom. The van der Waals surface area contributed by atoms with Crippen LogP contribution in [0.3, 0.4) is 0 Å². The van der Waals surface area contributed by atoms with E-state index in [4.69, 9.17) is 5.26 Å². The average Bonchev–Trinajstić information content (AvgIpc) is 2.88. The highest BCUT2D eigenvalue weighted by Gasteiger charge is 2.18. The molecule has 2 aromatic heterocycles. The fraction of sp³-hybridized carbons (Fsp3) is 0. The van der Waals surface area contributed by atoms with E-state index in [1.165, 1.54) is 22.7 Å². The van der Waals surface area contributed by atoms with Gasteiger partial charge in [0.2, 0.25) is 0 Å². The molecule has 0 radical (unpaired) electrons. The molecule has 0 saturated heterocycles. The van der Waals surface area contributed by atoms with Gasteiger partial charge in [-0.15, -0.1) is 10.2 Å². The number of fused-ring (bicyclic) bond motifs is 1. The highest BCUT2D eigenvalue weighted by molar-refractivity contribution is 5.61. The quantitative estimate of drug-likeness (QED) is 0.641. The van der Waals surface area contributed by atoms with E-state index in [-0.39, 0.29) is 11.4 Å². The Morgan fingerprint density at radius 3 is 2.55 bits per heavy atom. The van der Waals surface area contributed by atoms with E-state index in [2.05, 4.69) is 10.2 Å². The van der Waals surface area contributed by atoms with Crippen LogP contribution in [0.1, 0.15) is 5.56 Å². The van der Waals surface area contributed by atoms with Crippen molar-refractivity contribution in [3.63, 3.8) is 0 Å². The van der Waals surface area contributed by atoms with Gasteiger partial charge in [0.15, 0.2) is 28.9 Å². The summed E-state index contributed by atoms with van der Waals surface area (Å²) in [5.74, 6) is -4.20. The number of rotatable bonds is 1. The molecule has 0 aliphatic rings. The van der Waals surface area contributed by atoms with Crippen LogP contribution in [0.15, 0.2) is 30.5 Å². The van der Waals surface area contributed by atoms with Gasteiger partial charge in [0.1, 0.15) is 6.07 Å². The number of nitriles is 1. The van der Waals surface area contributed by atoms with Crippen LogP contribution in [0.2, 0.25) is 0 Å². The van der Waals surface area contributed by atoms with Crippen LogP contribution in [-0.4, -0.2) is 14.6 Å². The van der Waals surface area contributed by atoms with Crippen molar-refractivity contribution >= 4 is 5.65 Å². The highest BCUT2D eigenvalue weighted by atomic mass is 19.2. The summed E-state index contributed by atoms with van der Waals surface area (Å²) in [6.45, 7) is 0. The molecule has 7 heteroatoms. The predicted octanol–water partition coefficient (Wildman–Crippen LogP) is 2.69. The molecule has 4 nitrogen and oxygen atoms in total. The van der Waals surface area contributed by atoms with Crippen LogP contribution in [0.25, 0.3) is 17.0 Å². The zero-order valence-corrected chi connectivity index (χ0v) is 9.81. The molecule has 20 heavy (non-hydrogen) atoms. The summed E-state index contributed by atoms with van der Waals surface area (Å²) >= 11 is 0. The summed E-state index contributed by atoms with van der Waals surface area (Å²) in [4.78, 5) is 0. The Labute approximate surface area is 110 Å². The van der Waals surface area contributed by atoms with E-state index in [9.17, 15) is 13.2 Å². The lowest BCUT2D eigenvalue weighted by atomic mass is 10.2. The molecule has 0 saturated carbocycles. The van der Waals surface area contributed by atoms with Gasteiger partial charge < -0.3 is 0 Å². The van der Waals surface area contributed by atoms with Gasteiger partial charge >= 0.3 is 0 Å². The van der Waals surface area contributed by atoms with Crippen LogP contribution in [-0.2, 0) is 0 Å². The van der Waals surface area contributed by atoms with Gasteiger partial charge in [0, 0.05) is 6.20 Å². The molecule has 0 amide bonds. The van der Waals surface area contributed by atoms with Crippen LogP contribution in [0.4, 0.5) is 13.2 Å². The van der Waals surface area contributed by atoms with Gasteiger partial charge in [-0.3, -0.25) is 4.40 Å². The number of pyridine rings is 1. The molecular formula is C13H5F3N4. The van der Waals surface area contributed by atoms with Crippen LogP contribution in [0, 0.1) is 28.8 Å². The summed E-state index contributed by atoms with van der Waals surface area (Å²) in [6.07, 6.45) is 1.39. The van der Waals surface area contributed by atoms with Crippen molar-refractivity contribution in [3.8, 4) is 17.5 Å². The second kappa shape index (κ2) is 4.35. The van der Waals surface area contributed by atoms with E-state index in [0.717, 1.165) is 12.1 Å². The minimum atomic E-state index is -1.57.